The molecule has 1 amide bonds. The monoisotopic (exact) mass is 491 g/mol. The van der Waals surface area contributed by atoms with E-state index in [2.05, 4.69) is 39.0 Å². The number of aromatic nitrogens is 4. The lowest BCUT2D eigenvalue weighted by Gasteiger charge is -2.33. The molecule has 3 heterocycles. The Hall–Kier alpha value is -4.10. The Morgan fingerprint density at radius 2 is 1.47 bits per heavy atom. The molecule has 36 heavy (non-hydrogen) atoms. The minimum atomic E-state index is -0.178. The number of nitrogens with zero attached hydrogens (tertiary/aromatic N) is 5. The first-order valence-electron chi connectivity index (χ1n) is 12.0. The molecule has 1 aliphatic heterocycles. The van der Waals surface area contributed by atoms with Crippen molar-refractivity contribution in [1.29, 1.82) is 0 Å². The van der Waals surface area contributed by atoms with Gasteiger partial charge in [0.1, 0.15) is 5.01 Å². The molecule has 0 spiro atoms. The molecular formula is C29H25N5OS. The molecule has 0 radical (unpaired) electrons. The summed E-state index contributed by atoms with van der Waals surface area (Å²) < 4.78 is 2.14. The average Bonchev–Trinajstić information content (AvgIpc) is 3.53. The van der Waals surface area contributed by atoms with Crippen LogP contribution in [-0.4, -0.2) is 37.1 Å². The summed E-state index contributed by atoms with van der Waals surface area (Å²) in [6, 6.07) is 28.0. The molecule has 178 valence electrons. The average molecular weight is 492 g/mol. The first-order chi connectivity index (χ1) is 17.6. The van der Waals surface area contributed by atoms with Crippen LogP contribution >= 0.6 is 11.3 Å². The summed E-state index contributed by atoms with van der Waals surface area (Å²) in [5.41, 5.74) is 4.95. The second-order valence-electron chi connectivity index (χ2n) is 8.95. The largest absolute Gasteiger partial charge is 0.327 e. The molecule has 1 unspecified atom stereocenters. The van der Waals surface area contributed by atoms with Crippen molar-refractivity contribution >= 4 is 17.2 Å². The molecule has 0 aliphatic carbocycles. The van der Waals surface area contributed by atoms with Crippen LogP contribution < -0.4 is 0 Å². The number of fused-ring (bicyclic) bond motifs is 1. The van der Waals surface area contributed by atoms with Gasteiger partial charge in [0.05, 0.1) is 16.6 Å². The van der Waals surface area contributed by atoms with Gasteiger partial charge >= 0.3 is 0 Å². The summed E-state index contributed by atoms with van der Waals surface area (Å²) in [4.78, 5) is 21.1. The van der Waals surface area contributed by atoms with Crippen LogP contribution in [0.15, 0.2) is 84.9 Å². The third kappa shape index (κ3) is 3.91. The Labute approximate surface area is 213 Å². The van der Waals surface area contributed by atoms with Crippen LogP contribution in [0, 0.1) is 6.92 Å². The highest BCUT2D eigenvalue weighted by Crippen LogP contribution is 2.37. The van der Waals surface area contributed by atoms with Crippen LogP contribution in [0.25, 0.3) is 32.4 Å². The van der Waals surface area contributed by atoms with Gasteiger partial charge in [0.15, 0.2) is 11.6 Å². The van der Waals surface area contributed by atoms with Gasteiger partial charge in [0.2, 0.25) is 0 Å². The Kier molecular flexibility index (Phi) is 5.70. The number of hydrogen-bond acceptors (Lipinski definition) is 5. The molecule has 0 saturated heterocycles. The summed E-state index contributed by atoms with van der Waals surface area (Å²) in [5, 5.41) is 10.0. The van der Waals surface area contributed by atoms with E-state index < -0.39 is 0 Å². The first kappa shape index (κ1) is 22.4. The van der Waals surface area contributed by atoms with Crippen molar-refractivity contribution in [3.8, 4) is 32.4 Å². The Bertz CT molecular complexity index is 1520. The molecule has 6 rings (SSSR count). The van der Waals surface area contributed by atoms with Crippen molar-refractivity contribution in [2.24, 2.45) is 0 Å². The minimum absolute atomic E-state index is 0.0123. The zero-order chi connectivity index (χ0) is 24.6. The lowest BCUT2D eigenvalue weighted by atomic mass is 10.0. The second-order valence-corrected chi connectivity index (χ2v) is 9.95. The van der Waals surface area contributed by atoms with E-state index in [1.54, 1.807) is 11.3 Å². The molecule has 0 saturated carbocycles. The van der Waals surface area contributed by atoms with E-state index in [1.807, 2.05) is 79.4 Å². The van der Waals surface area contributed by atoms with E-state index in [9.17, 15) is 4.79 Å². The van der Waals surface area contributed by atoms with Crippen molar-refractivity contribution in [2.75, 3.05) is 6.54 Å². The fourth-order valence-electron chi connectivity index (χ4n) is 4.74. The Balaban J connectivity index is 1.25. The number of thiazole rings is 1. The number of carbonyl (C=O) groups is 1. The molecule has 7 heteroatoms. The fourth-order valence-corrected chi connectivity index (χ4v) is 5.81. The Morgan fingerprint density at radius 1 is 0.833 bits per heavy atom. The molecule has 1 aliphatic rings. The van der Waals surface area contributed by atoms with Crippen LogP contribution in [0.5, 0.6) is 0 Å². The summed E-state index contributed by atoms with van der Waals surface area (Å²) in [5.74, 6) is 1.64. The SMILES string of the molecule is Cc1nc(-c2ccccc2)sc1-c1nnc2n1CCN(C(=O)c1ccc(-c3ccccc3)cc1)C2C. The van der Waals surface area contributed by atoms with Gasteiger partial charge in [-0.2, -0.15) is 0 Å². The highest BCUT2D eigenvalue weighted by Gasteiger charge is 2.33. The number of rotatable bonds is 4. The maximum absolute atomic E-state index is 13.4. The van der Waals surface area contributed by atoms with Crippen molar-refractivity contribution in [3.63, 3.8) is 0 Å². The van der Waals surface area contributed by atoms with Gasteiger partial charge in [0.25, 0.3) is 5.91 Å². The topological polar surface area (TPSA) is 63.9 Å². The Morgan fingerprint density at radius 3 is 2.17 bits per heavy atom. The van der Waals surface area contributed by atoms with E-state index in [4.69, 9.17) is 4.98 Å². The highest BCUT2D eigenvalue weighted by molar-refractivity contribution is 7.18. The van der Waals surface area contributed by atoms with Crippen LogP contribution in [0.1, 0.15) is 34.8 Å². The van der Waals surface area contributed by atoms with Crippen LogP contribution in [0.2, 0.25) is 0 Å². The van der Waals surface area contributed by atoms with Gasteiger partial charge in [-0.25, -0.2) is 4.98 Å². The molecule has 5 aromatic rings. The zero-order valence-electron chi connectivity index (χ0n) is 20.1. The van der Waals surface area contributed by atoms with Gasteiger partial charge in [0, 0.05) is 24.2 Å². The quantitative estimate of drug-likeness (QED) is 0.298. The van der Waals surface area contributed by atoms with Crippen molar-refractivity contribution in [1.82, 2.24) is 24.6 Å². The van der Waals surface area contributed by atoms with Gasteiger partial charge in [-0.1, -0.05) is 72.8 Å². The zero-order valence-corrected chi connectivity index (χ0v) is 20.9. The molecule has 1 atom stereocenters. The summed E-state index contributed by atoms with van der Waals surface area (Å²) >= 11 is 1.63. The molecular weight excluding hydrogens is 466 g/mol. The minimum Gasteiger partial charge on any atom is -0.327 e. The smallest absolute Gasteiger partial charge is 0.254 e. The standard InChI is InChI=1S/C29H25N5OS/c1-19-25(36-28(30-19)23-11-7-4-8-12-23)27-32-31-26-20(2)33(17-18-34(26)27)29(35)24-15-13-22(14-16-24)21-9-5-3-6-10-21/h3-16,20H,17-18H2,1-2H3. The van der Waals surface area contributed by atoms with E-state index in [0.29, 0.717) is 18.7 Å². The van der Waals surface area contributed by atoms with Crippen molar-refractivity contribution < 1.29 is 4.79 Å². The second kappa shape index (κ2) is 9.17. The third-order valence-electron chi connectivity index (χ3n) is 6.71. The predicted octanol–water partition coefficient (Wildman–Crippen LogP) is 6.26. The molecule has 0 N–H and O–H groups in total. The summed E-state index contributed by atoms with van der Waals surface area (Å²) in [7, 11) is 0. The first-order valence-corrected chi connectivity index (χ1v) is 12.8. The van der Waals surface area contributed by atoms with E-state index in [-0.39, 0.29) is 11.9 Å². The molecule has 0 bridgehead atoms. The van der Waals surface area contributed by atoms with Crippen molar-refractivity contribution in [3.05, 3.63) is 102 Å². The van der Waals surface area contributed by atoms with E-state index in [0.717, 1.165) is 43.9 Å². The van der Waals surface area contributed by atoms with Crippen LogP contribution in [-0.2, 0) is 6.54 Å². The number of amides is 1. The molecule has 2 aromatic heterocycles. The fraction of sp³-hybridized carbons (Fsp3) is 0.172. The van der Waals surface area contributed by atoms with E-state index >= 15 is 0 Å². The molecule has 0 fully saturated rings. The summed E-state index contributed by atoms with van der Waals surface area (Å²) in [6.45, 7) is 5.28. The van der Waals surface area contributed by atoms with E-state index in [1.165, 1.54) is 0 Å². The maximum atomic E-state index is 13.4. The number of aryl methyl sites for hydroxylation is 1. The lowest BCUT2D eigenvalue weighted by molar-refractivity contribution is 0.0638. The normalized spacial score (nSPS) is 15.1. The van der Waals surface area contributed by atoms with Gasteiger partial charge in [-0.15, -0.1) is 21.5 Å². The van der Waals surface area contributed by atoms with Gasteiger partial charge in [-0.3, -0.25) is 4.79 Å². The van der Waals surface area contributed by atoms with Crippen LogP contribution in [0.4, 0.5) is 0 Å². The molecule has 6 nitrogen and oxygen atoms in total. The maximum Gasteiger partial charge on any atom is 0.254 e. The predicted molar refractivity (Wildman–Crippen MR) is 143 cm³/mol. The highest BCUT2D eigenvalue weighted by atomic mass is 32.1. The number of hydrogen-bond donors (Lipinski definition) is 0. The third-order valence-corrected chi connectivity index (χ3v) is 7.91. The van der Waals surface area contributed by atoms with Gasteiger partial charge < -0.3 is 9.47 Å². The number of carbonyl (C=O) groups excluding carboxylic acids is 1. The lowest BCUT2D eigenvalue weighted by Crippen LogP contribution is -2.41. The summed E-state index contributed by atoms with van der Waals surface area (Å²) in [6.07, 6.45) is 0. The number of benzene rings is 3. The van der Waals surface area contributed by atoms with Gasteiger partial charge in [-0.05, 0) is 37.1 Å². The van der Waals surface area contributed by atoms with Crippen molar-refractivity contribution in [2.45, 2.75) is 26.4 Å². The van der Waals surface area contributed by atoms with Crippen LogP contribution in [0.3, 0.4) is 0 Å². The molecule has 3 aromatic carbocycles.